The van der Waals surface area contributed by atoms with E-state index in [-0.39, 0.29) is 5.54 Å². The molecule has 112 valence electrons. The maximum atomic E-state index is 9.45. The summed E-state index contributed by atoms with van der Waals surface area (Å²) >= 11 is 0. The van der Waals surface area contributed by atoms with Crippen LogP contribution in [0.3, 0.4) is 0 Å². The van der Waals surface area contributed by atoms with Gasteiger partial charge in [0.25, 0.3) is 0 Å². The normalized spacial score (nSPS) is 43.1. The average Bonchev–Trinajstić information content (AvgIpc) is 2.91. The van der Waals surface area contributed by atoms with Crippen LogP contribution >= 0.6 is 0 Å². The lowest BCUT2D eigenvalue weighted by Gasteiger charge is -2.49. The molecule has 4 atom stereocenters. The Balaban J connectivity index is 1.67. The van der Waals surface area contributed by atoms with Crippen LogP contribution < -0.4 is 5.32 Å². The maximum absolute atomic E-state index is 9.45. The van der Waals surface area contributed by atoms with Gasteiger partial charge in [-0.2, -0.15) is 5.26 Å². The van der Waals surface area contributed by atoms with Crippen molar-refractivity contribution in [1.29, 1.82) is 5.26 Å². The SMILES string of the molecule is CNC1(C#N)CCC(N2CC3CCCCN3CC2C)C1. The van der Waals surface area contributed by atoms with Gasteiger partial charge in [0.2, 0.25) is 0 Å². The molecule has 1 saturated carbocycles. The van der Waals surface area contributed by atoms with Crippen LogP contribution in [0.1, 0.15) is 45.4 Å². The number of nitriles is 1. The number of nitrogens with one attached hydrogen (secondary N) is 1. The number of piperidine rings is 1. The number of rotatable bonds is 2. The molecule has 0 spiro atoms. The van der Waals surface area contributed by atoms with Gasteiger partial charge in [-0.1, -0.05) is 6.42 Å². The van der Waals surface area contributed by atoms with Gasteiger partial charge in [0, 0.05) is 31.2 Å². The molecule has 4 heteroatoms. The fraction of sp³-hybridized carbons (Fsp3) is 0.938. The summed E-state index contributed by atoms with van der Waals surface area (Å²) in [5.41, 5.74) is -0.270. The van der Waals surface area contributed by atoms with E-state index >= 15 is 0 Å². The van der Waals surface area contributed by atoms with Crippen LogP contribution in [0.15, 0.2) is 0 Å². The lowest BCUT2D eigenvalue weighted by atomic mass is 9.94. The summed E-state index contributed by atoms with van der Waals surface area (Å²) in [6, 6.07) is 4.53. The molecule has 0 aromatic rings. The Morgan fingerprint density at radius 3 is 2.75 bits per heavy atom. The van der Waals surface area contributed by atoms with Gasteiger partial charge < -0.3 is 5.32 Å². The van der Waals surface area contributed by atoms with Crippen LogP contribution in [-0.2, 0) is 0 Å². The third-order valence-electron chi connectivity index (χ3n) is 5.89. The Bertz CT molecular complexity index is 390. The number of piperazine rings is 1. The monoisotopic (exact) mass is 276 g/mol. The Labute approximate surface area is 123 Å². The van der Waals surface area contributed by atoms with Crippen molar-refractivity contribution in [3.05, 3.63) is 0 Å². The first-order valence-corrected chi connectivity index (χ1v) is 8.27. The van der Waals surface area contributed by atoms with Gasteiger partial charge in [0.15, 0.2) is 0 Å². The highest BCUT2D eigenvalue weighted by Crippen LogP contribution is 2.36. The highest BCUT2D eigenvalue weighted by atomic mass is 15.3. The van der Waals surface area contributed by atoms with Gasteiger partial charge in [0.1, 0.15) is 5.54 Å². The van der Waals surface area contributed by atoms with E-state index in [1.165, 1.54) is 45.3 Å². The molecule has 20 heavy (non-hydrogen) atoms. The Hall–Kier alpha value is -0.630. The maximum Gasteiger partial charge on any atom is 0.108 e. The van der Waals surface area contributed by atoms with E-state index < -0.39 is 0 Å². The van der Waals surface area contributed by atoms with E-state index in [1.807, 2.05) is 7.05 Å². The topological polar surface area (TPSA) is 42.3 Å². The first kappa shape index (κ1) is 14.3. The molecule has 0 radical (unpaired) electrons. The third kappa shape index (κ3) is 2.47. The van der Waals surface area contributed by atoms with E-state index in [1.54, 1.807) is 0 Å². The van der Waals surface area contributed by atoms with Crippen LogP contribution in [0.25, 0.3) is 0 Å². The molecule has 1 N–H and O–H groups in total. The zero-order valence-electron chi connectivity index (χ0n) is 12.9. The van der Waals surface area contributed by atoms with Crippen molar-refractivity contribution in [3.63, 3.8) is 0 Å². The van der Waals surface area contributed by atoms with E-state index in [9.17, 15) is 5.26 Å². The molecule has 3 aliphatic rings. The highest BCUT2D eigenvalue weighted by molar-refractivity contribution is 5.13. The van der Waals surface area contributed by atoms with E-state index in [0.717, 1.165) is 18.9 Å². The molecular formula is C16H28N4. The lowest BCUT2D eigenvalue weighted by Crippen LogP contribution is -2.61. The van der Waals surface area contributed by atoms with Crippen LogP contribution in [-0.4, -0.2) is 60.1 Å². The minimum atomic E-state index is -0.270. The minimum absolute atomic E-state index is 0.270. The zero-order valence-corrected chi connectivity index (χ0v) is 12.9. The van der Waals surface area contributed by atoms with Crippen molar-refractivity contribution in [3.8, 4) is 6.07 Å². The molecule has 0 bridgehead atoms. The summed E-state index contributed by atoms with van der Waals surface area (Å²) in [5.74, 6) is 0. The second-order valence-corrected chi connectivity index (χ2v) is 7.03. The second kappa shape index (κ2) is 5.63. The van der Waals surface area contributed by atoms with Crippen molar-refractivity contribution >= 4 is 0 Å². The minimum Gasteiger partial charge on any atom is -0.302 e. The number of fused-ring (bicyclic) bond motifs is 1. The molecule has 3 rings (SSSR count). The summed E-state index contributed by atoms with van der Waals surface area (Å²) in [6.45, 7) is 6.11. The molecule has 2 aliphatic heterocycles. The van der Waals surface area contributed by atoms with Crippen LogP contribution in [0.5, 0.6) is 0 Å². The van der Waals surface area contributed by atoms with Crippen molar-refractivity contribution in [2.24, 2.45) is 0 Å². The summed E-state index contributed by atoms with van der Waals surface area (Å²) in [5, 5.41) is 12.7. The molecule has 4 unspecified atom stereocenters. The molecule has 1 aliphatic carbocycles. The number of hydrogen-bond acceptors (Lipinski definition) is 4. The van der Waals surface area contributed by atoms with Crippen molar-refractivity contribution in [2.75, 3.05) is 26.7 Å². The fourth-order valence-electron chi connectivity index (χ4n) is 4.57. The molecule has 0 aromatic heterocycles. The van der Waals surface area contributed by atoms with Crippen LogP contribution in [0, 0.1) is 11.3 Å². The van der Waals surface area contributed by atoms with Gasteiger partial charge in [-0.05, 0) is 52.6 Å². The van der Waals surface area contributed by atoms with E-state index in [2.05, 4.69) is 28.1 Å². The Kier molecular flexibility index (Phi) is 4.03. The van der Waals surface area contributed by atoms with Crippen LogP contribution in [0.4, 0.5) is 0 Å². The summed E-state index contributed by atoms with van der Waals surface area (Å²) in [6.07, 6.45) is 7.31. The molecule has 2 heterocycles. The highest BCUT2D eigenvalue weighted by Gasteiger charge is 2.44. The van der Waals surface area contributed by atoms with Gasteiger partial charge in [-0.25, -0.2) is 0 Å². The largest absolute Gasteiger partial charge is 0.302 e. The van der Waals surface area contributed by atoms with E-state index in [4.69, 9.17) is 0 Å². The molecular weight excluding hydrogens is 248 g/mol. The molecule has 0 amide bonds. The fourth-order valence-corrected chi connectivity index (χ4v) is 4.57. The van der Waals surface area contributed by atoms with Gasteiger partial charge in [-0.3, -0.25) is 9.80 Å². The average molecular weight is 276 g/mol. The first-order valence-electron chi connectivity index (χ1n) is 8.27. The standard InChI is InChI=1S/C16H28N4/c1-13-10-19-8-4-3-5-15(19)11-20(13)14-6-7-16(9-14,12-17)18-2/h13-15,18H,3-11H2,1-2H3. The smallest absolute Gasteiger partial charge is 0.108 e. The van der Waals surface area contributed by atoms with Crippen molar-refractivity contribution < 1.29 is 0 Å². The molecule has 2 saturated heterocycles. The van der Waals surface area contributed by atoms with Gasteiger partial charge in [-0.15, -0.1) is 0 Å². The Morgan fingerprint density at radius 1 is 1.20 bits per heavy atom. The molecule has 3 fully saturated rings. The van der Waals surface area contributed by atoms with Crippen molar-refractivity contribution in [1.82, 2.24) is 15.1 Å². The van der Waals surface area contributed by atoms with Gasteiger partial charge in [0.05, 0.1) is 6.07 Å². The third-order valence-corrected chi connectivity index (χ3v) is 5.89. The van der Waals surface area contributed by atoms with E-state index in [0.29, 0.717) is 12.1 Å². The van der Waals surface area contributed by atoms with Crippen LogP contribution in [0.2, 0.25) is 0 Å². The summed E-state index contributed by atoms with van der Waals surface area (Å²) < 4.78 is 0. The quantitative estimate of drug-likeness (QED) is 0.831. The molecule has 4 nitrogen and oxygen atoms in total. The molecule has 0 aromatic carbocycles. The second-order valence-electron chi connectivity index (χ2n) is 7.03. The van der Waals surface area contributed by atoms with Gasteiger partial charge >= 0.3 is 0 Å². The number of hydrogen-bond donors (Lipinski definition) is 1. The zero-order chi connectivity index (χ0) is 14.2. The number of nitrogens with zero attached hydrogens (tertiary/aromatic N) is 3. The lowest BCUT2D eigenvalue weighted by molar-refractivity contribution is -0.00730. The predicted octanol–water partition coefficient (Wildman–Crippen LogP) is 1.58. The summed E-state index contributed by atoms with van der Waals surface area (Å²) in [7, 11) is 1.94. The summed E-state index contributed by atoms with van der Waals surface area (Å²) in [4.78, 5) is 5.41. The first-order chi connectivity index (χ1) is 9.67. The Morgan fingerprint density at radius 2 is 2.05 bits per heavy atom. The predicted molar refractivity (Wildman–Crippen MR) is 80.4 cm³/mol. The van der Waals surface area contributed by atoms with Crippen molar-refractivity contribution in [2.45, 2.75) is 69.1 Å².